The number of thioether (sulfide) groups is 1. The topological polar surface area (TPSA) is 71.3 Å². The number of fused-ring (bicyclic) bond motifs is 1. The van der Waals surface area contributed by atoms with Crippen molar-refractivity contribution in [2.45, 2.75) is 51.1 Å². The fraction of sp³-hybridized carbons (Fsp3) is 0.750. The van der Waals surface area contributed by atoms with E-state index in [4.69, 9.17) is 0 Å². The Morgan fingerprint density at radius 1 is 1.12 bits per heavy atom. The predicted molar refractivity (Wildman–Crippen MR) is 90.7 cm³/mol. The maximum absolute atomic E-state index is 12.8. The minimum Gasteiger partial charge on any atom is -0.331 e. The van der Waals surface area contributed by atoms with Crippen molar-refractivity contribution in [2.75, 3.05) is 25.4 Å². The van der Waals surface area contributed by atoms with Gasteiger partial charge in [-0.1, -0.05) is 18.2 Å². The van der Waals surface area contributed by atoms with Crippen molar-refractivity contribution in [3.63, 3.8) is 0 Å². The second-order valence-corrected chi connectivity index (χ2v) is 7.76. The molecule has 0 aliphatic carbocycles. The maximum Gasteiger partial charge on any atom is 0.282 e. The molecule has 0 spiro atoms. The van der Waals surface area contributed by atoms with Gasteiger partial charge >= 0.3 is 0 Å². The van der Waals surface area contributed by atoms with Gasteiger partial charge in [-0.3, -0.25) is 9.59 Å². The van der Waals surface area contributed by atoms with E-state index in [0.29, 0.717) is 6.54 Å². The molecule has 0 radical (unpaired) electrons. The number of rotatable bonds is 3. The lowest BCUT2D eigenvalue weighted by atomic mass is 10.2. The largest absolute Gasteiger partial charge is 0.331 e. The number of amides is 2. The standard InChI is InChI=1S/C16H23N5O2S/c22-14(11-19-9-10-24-16(19)23)20-8-4-5-12(20)15-18-17-13-6-2-1-3-7-21(13)15/h12H,1-11H2. The summed E-state index contributed by atoms with van der Waals surface area (Å²) in [4.78, 5) is 28.1. The summed E-state index contributed by atoms with van der Waals surface area (Å²) in [7, 11) is 0. The molecule has 2 amide bonds. The summed E-state index contributed by atoms with van der Waals surface area (Å²) in [6.07, 6.45) is 6.45. The molecule has 3 aliphatic heterocycles. The Kier molecular flexibility index (Phi) is 4.47. The SMILES string of the molecule is O=C1SCCN1CC(=O)N1CCCC1c1nnc2n1CCCCC2. The summed E-state index contributed by atoms with van der Waals surface area (Å²) >= 11 is 1.30. The van der Waals surface area contributed by atoms with Crippen molar-refractivity contribution in [3.05, 3.63) is 11.6 Å². The van der Waals surface area contributed by atoms with E-state index in [1.165, 1.54) is 24.6 Å². The second kappa shape index (κ2) is 6.74. The van der Waals surface area contributed by atoms with E-state index in [-0.39, 0.29) is 23.7 Å². The molecule has 1 atom stereocenters. The first-order chi connectivity index (χ1) is 11.7. The summed E-state index contributed by atoms with van der Waals surface area (Å²) < 4.78 is 2.24. The van der Waals surface area contributed by atoms with Crippen LogP contribution in [-0.4, -0.2) is 61.1 Å². The zero-order chi connectivity index (χ0) is 16.5. The van der Waals surface area contributed by atoms with Crippen LogP contribution in [-0.2, 0) is 17.8 Å². The third-order valence-electron chi connectivity index (χ3n) is 5.18. The average Bonchev–Trinajstić information content (AvgIpc) is 3.25. The summed E-state index contributed by atoms with van der Waals surface area (Å²) in [6.45, 7) is 2.58. The highest BCUT2D eigenvalue weighted by Crippen LogP contribution is 2.32. The summed E-state index contributed by atoms with van der Waals surface area (Å²) in [6, 6.07) is 0.0159. The zero-order valence-electron chi connectivity index (χ0n) is 13.8. The zero-order valence-corrected chi connectivity index (χ0v) is 14.6. The molecule has 1 aromatic heterocycles. The molecule has 4 rings (SSSR count). The van der Waals surface area contributed by atoms with Crippen LogP contribution in [0.2, 0.25) is 0 Å². The first kappa shape index (κ1) is 15.9. The Morgan fingerprint density at radius 3 is 2.88 bits per heavy atom. The van der Waals surface area contributed by atoms with Gasteiger partial charge < -0.3 is 14.4 Å². The molecule has 0 N–H and O–H groups in total. The normalized spacial score (nSPS) is 24.3. The first-order valence-corrected chi connectivity index (χ1v) is 9.86. The van der Waals surface area contributed by atoms with E-state index in [2.05, 4.69) is 14.8 Å². The molecule has 1 unspecified atom stereocenters. The molecule has 4 heterocycles. The van der Waals surface area contributed by atoms with Crippen LogP contribution in [0.3, 0.4) is 0 Å². The number of hydrogen-bond acceptors (Lipinski definition) is 5. The molecule has 8 heteroatoms. The summed E-state index contributed by atoms with van der Waals surface area (Å²) in [5, 5.41) is 8.84. The van der Waals surface area contributed by atoms with Crippen molar-refractivity contribution in [1.82, 2.24) is 24.6 Å². The summed E-state index contributed by atoms with van der Waals surface area (Å²) in [5.41, 5.74) is 0. The van der Waals surface area contributed by atoms with Crippen LogP contribution in [0.25, 0.3) is 0 Å². The van der Waals surface area contributed by atoms with Crippen LogP contribution in [0.5, 0.6) is 0 Å². The molecule has 2 fully saturated rings. The van der Waals surface area contributed by atoms with E-state index >= 15 is 0 Å². The lowest BCUT2D eigenvalue weighted by Crippen LogP contribution is -2.40. The molecule has 3 aliphatic rings. The van der Waals surface area contributed by atoms with Gasteiger partial charge in [-0.25, -0.2) is 0 Å². The molecule has 0 saturated carbocycles. The number of nitrogens with zero attached hydrogens (tertiary/aromatic N) is 5. The highest BCUT2D eigenvalue weighted by molar-refractivity contribution is 8.13. The van der Waals surface area contributed by atoms with Gasteiger partial charge in [0.1, 0.15) is 12.4 Å². The third-order valence-corrected chi connectivity index (χ3v) is 6.07. The number of aryl methyl sites for hydroxylation is 1. The lowest BCUT2D eigenvalue weighted by molar-refractivity contribution is -0.132. The maximum atomic E-state index is 12.8. The van der Waals surface area contributed by atoms with Crippen molar-refractivity contribution in [3.8, 4) is 0 Å². The number of hydrogen-bond donors (Lipinski definition) is 0. The lowest BCUT2D eigenvalue weighted by Gasteiger charge is -2.26. The number of carbonyl (C=O) groups excluding carboxylic acids is 2. The van der Waals surface area contributed by atoms with Crippen molar-refractivity contribution in [2.24, 2.45) is 0 Å². The van der Waals surface area contributed by atoms with Crippen LogP contribution in [0.4, 0.5) is 4.79 Å². The van der Waals surface area contributed by atoms with E-state index in [0.717, 1.165) is 56.2 Å². The van der Waals surface area contributed by atoms with Crippen LogP contribution in [0.15, 0.2) is 0 Å². The van der Waals surface area contributed by atoms with Gasteiger partial charge in [0.05, 0.1) is 6.04 Å². The van der Waals surface area contributed by atoms with Gasteiger partial charge in [-0.15, -0.1) is 10.2 Å². The minimum absolute atomic E-state index is 0.0159. The van der Waals surface area contributed by atoms with E-state index in [9.17, 15) is 9.59 Å². The van der Waals surface area contributed by atoms with Crippen molar-refractivity contribution in [1.29, 1.82) is 0 Å². The third kappa shape index (κ3) is 2.92. The van der Waals surface area contributed by atoms with E-state index in [1.54, 1.807) is 4.90 Å². The quantitative estimate of drug-likeness (QED) is 0.833. The van der Waals surface area contributed by atoms with Gasteiger partial charge in [0, 0.05) is 31.8 Å². The highest BCUT2D eigenvalue weighted by atomic mass is 32.2. The van der Waals surface area contributed by atoms with Crippen LogP contribution >= 0.6 is 11.8 Å². The first-order valence-electron chi connectivity index (χ1n) is 8.87. The van der Waals surface area contributed by atoms with E-state index < -0.39 is 0 Å². The Balaban J connectivity index is 1.51. The number of carbonyl (C=O) groups is 2. The van der Waals surface area contributed by atoms with Gasteiger partial charge in [0.25, 0.3) is 5.24 Å². The van der Waals surface area contributed by atoms with Gasteiger partial charge in [0.15, 0.2) is 5.82 Å². The second-order valence-electron chi connectivity index (χ2n) is 6.72. The molecular formula is C16H23N5O2S. The molecule has 1 aromatic rings. The van der Waals surface area contributed by atoms with Gasteiger partial charge in [-0.05, 0) is 25.7 Å². The molecule has 24 heavy (non-hydrogen) atoms. The van der Waals surface area contributed by atoms with Crippen LogP contribution in [0.1, 0.15) is 49.8 Å². The molecule has 2 saturated heterocycles. The Hall–Kier alpha value is -1.57. The Bertz CT molecular complexity index is 646. The minimum atomic E-state index is 0.0159. The van der Waals surface area contributed by atoms with Gasteiger partial charge in [0.2, 0.25) is 5.91 Å². The molecule has 0 bridgehead atoms. The number of likely N-dealkylation sites (tertiary alicyclic amines) is 1. The predicted octanol–water partition coefficient (Wildman–Crippen LogP) is 1.84. The fourth-order valence-electron chi connectivity index (χ4n) is 3.91. The monoisotopic (exact) mass is 349 g/mol. The Morgan fingerprint density at radius 2 is 2.04 bits per heavy atom. The Labute approximate surface area is 145 Å². The fourth-order valence-corrected chi connectivity index (χ4v) is 4.74. The smallest absolute Gasteiger partial charge is 0.282 e. The molecule has 0 aromatic carbocycles. The van der Waals surface area contributed by atoms with Crippen molar-refractivity contribution >= 4 is 22.9 Å². The van der Waals surface area contributed by atoms with Gasteiger partial charge in [-0.2, -0.15) is 0 Å². The van der Waals surface area contributed by atoms with Crippen molar-refractivity contribution < 1.29 is 9.59 Å². The van der Waals surface area contributed by atoms with Crippen LogP contribution in [0, 0.1) is 0 Å². The van der Waals surface area contributed by atoms with Crippen LogP contribution < -0.4 is 0 Å². The summed E-state index contributed by atoms with van der Waals surface area (Å²) in [5.74, 6) is 2.83. The highest BCUT2D eigenvalue weighted by Gasteiger charge is 2.36. The van der Waals surface area contributed by atoms with E-state index in [1.807, 2.05) is 4.90 Å². The molecule has 130 valence electrons. The molecular weight excluding hydrogens is 326 g/mol. The average molecular weight is 349 g/mol. The molecule has 7 nitrogen and oxygen atoms in total. The number of aromatic nitrogens is 3.